The minimum atomic E-state index is -0.118. The van der Waals surface area contributed by atoms with Crippen molar-refractivity contribution in [3.63, 3.8) is 0 Å². The summed E-state index contributed by atoms with van der Waals surface area (Å²) < 4.78 is 0. The van der Waals surface area contributed by atoms with Crippen molar-refractivity contribution in [1.82, 2.24) is 26.2 Å². The van der Waals surface area contributed by atoms with E-state index in [0.29, 0.717) is 35.7 Å². The van der Waals surface area contributed by atoms with E-state index in [1.54, 1.807) is 0 Å². The number of piperidine rings is 2. The lowest BCUT2D eigenvalue weighted by molar-refractivity contribution is -0.149. The molecule has 0 aromatic rings. The Morgan fingerprint density at radius 1 is 1.07 bits per heavy atom. The third-order valence-corrected chi connectivity index (χ3v) is 8.07. The summed E-state index contributed by atoms with van der Waals surface area (Å²) >= 11 is 0. The topological polar surface area (TPSA) is 85.5 Å². The maximum absolute atomic E-state index is 13.3. The van der Waals surface area contributed by atoms with E-state index in [0.717, 1.165) is 58.2 Å². The third kappa shape index (κ3) is 4.47. The lowest BCUT2D eigenvalue weighted by atomic mass is 9.64. The highest BCUT2D eigenvalue weighted by atomic mass is 16.2. The number of rotatable bonds is 3. The van der Waals surface area contributed by atoms with Crippen LogP contribution in [0.1, 0.15) is 52.4 Å². The van der Waals surface area contributed by atoms with Crippen LogP contribution >= 0.6 is 0 Å². The van der Waals surface area contributed by atoms with Crippen LogP contribution < -0.4 is 21.3 Å². The number of hydrogen-bond donors (Lipinski definition) is 4. The van der Waals surface area contributed by atoms with Gasteiger partial charge in [0.2, 0.25) is 11.8 Å². The Hall–Kier alpha value is -1.18. The van der Waals surface area contributed by atoms with Gasteiger partial charge in [0.25, 0.3) is 0 Å². The number of carbonyl (C=O) groups excluding carboxylic acids is 2. The van der Waals surface area contributed by atoms with Crippen LogP contribution in [0, 0.1) is 29.6 Å². The first-order valence-corrected chi connectivity index (χ1v) is 11.7. The van der Waals surface area contributed by atoms with Gasteiger partial charge in [-0.25, -0.2) is 0 Å². The molecule has 164 valence electrons. The van der Waals surface area contributed by atoms with E-state index in [9.17, 15) is 9.59 Å². The molecule has 0 spiro atoms. The van der Waals surface area contributed by atoms with Crippen LogP contribution in [0.25, 0.3) is 0 Å². The molecule has 7 heteroatoms. The lowest BCUT2D eigenvalue weighted by Crippen LogP contribution is -2.60. The summed E-state index contributed by atoms with van der Waals surface area (Å²) in [6, 6.07) is 0.850. The lowest BCUT2D eigenvalue weighted by Gasteiger charge is -2.50. The fourth-order valence-electron chi connectivity index (χ4n) is 6.22. The number of carbonyl (C=O) groups is 2. The molecule has 0 aromatic heterocycles. The number of nitrogens with one attached hydrogen (secondary N) is 4. The van der Waals surface area contributed by atoms with Gasteiger partial charge in [0.15, 0.2) is 0 Å². The van der Waals surface area contributed by atoms with Crippen LogP contribution in [0.15, 0.2) is 0 Å². The van der Waals surface area contributed by atoms with E-state index in [-0.39, 0.29) is 24.0 Å². The molecular weight excluding hydrogens is 366 g/mol. The summed E-state index contributed by atoms with van der Waals surface area (Å²) in [5.74, 6) is 1.87. The van der Waals surface area contributed by atoms with E-state index in [1.807, 2.05) is 11.9 Å². The second-order valence-corrected chi connectivity index (χ2v) is 10.0. The predicted molar refractivity (Wildman–Crippen MR) is 113 cm³/mol. The van der Waals surface area contributed by atoms with Gasteiger partial charge in [-0.3, -0.25) is 20.2 Å². The number of hydrogen-bond acceptors (Lipinski definition) is 5. The fourth-order valence-corrected chi connectivity index (χ4v) is 6.22. The Labute approximate surface area is 175 Å². The van der Waals surface area contributed by atoms with Gasteiger partial charge in [-0.2, -0.15) is 0 Å². The molecule has 2 amide bonds. The molecule has 0 aromatic carbocycles. The third-order valence-electron chi connectivity index (χ3n) is 8.07. The number of fused-ring (bicyclic) bond motifs is 1. The Morgan fingerprint density at radius 3 is 2.59 bits per heavy atom. The first-order chi connectivity index (χ1) is 13.9. The summed E-state index contributed by atoms with van der Waals surface area (Å²) in [6.07, 6.45) is 5.79. The molecule has 4 rings (SSSR count). The molecule has 1 aliphatic carbocycles. The van der Waals surface area contributed by atoms with Gasteiger partial charge in [0.05, 0.1) is 0 Å². The molecule has 4 N–H and O–H groups in total. The first kappa shape index (κ1) is 21.1. The molecule has 4 fully saturated rings. The van der Waals surface area contributed by atoms with Gasteiger partial charge in [-0.1, -0.05) is 6.92 Å². The van der Waals surface area contributed by atoms with E-state index >= 15 is 0 Å². The Morgan fingerprint density at radius 2 is 1.83 bits per heavy atom. The zero-order valence-electron chi connectivity index (χ0n) is 18.2. The van der Waals surface area contributed by atoms with Crippen LogP contribution in [0.5, 0.6) is 0 Å². The number of nitrogens with zero attached hydrogens (tertiary/aromatic N) is 1. The molecule has 7 atom stereocenters. The van der Waals surface area contributed by atoms with Crippen molar-refractivity contribution >= 4 is 11.8 Å². The molecule has 4 aliphatic rings. The Balaban J connectivity index is 1.41. The van der Waals surface area contributed by atoms with Crippen LogP contribution in [-0.4, -0.2) is 61.8 Å². The van der Waals surface area contributed by atoms with Crippen LogP contribution in [0.4, 0.5) is 0 Å². The van der Waals surface area contributed by atoms with Crippen molar-refractivity contribution in [3.05, 3.63) is 0 Å². The highest BCUT2D eigenvalue weighted by Crippen LogP contribution is 2.44. The number of likely N-dealkylation sites (tertiary alicyclic amines) is 1. The summed E-state index contributed by atoms with van der Waals surface area (Å²) in [5.41, 5.74) is 0. The van der Waals surface area contributed by atoms with Crippen molar-refractivity contribution in [2.75, 3.05) is 26.7 Å². The highest BCUT2D eigenvalue weighted by molar-refractivity contribution is 5.81. The second-order valence-electron chi connectivity index (χ2n) is 10.0. The van der Waals surface area contributed by atoms with Gasteiger partial charge >= 0.3 is 0 Å². The maximum Gasteiger partial charge on any atom is 0.225 e. The predicted octanol–water partition coefficient (Wildman–Crippen LogP) is 0.866. The monoisotopic (exact) mass is 405 g/mol. The minimum Gasteiger partial charge on any atom is -0.342 e. The highest BCUT2D eigenvalue weighted by Gasteiger charge is 2.47. The molecule has 3 saturated heterocycles. The average molecular weight is 406 g/mol. The van der Waals surface area contributed by atoms with Crippen LogP contribution in [-0.2, 0) is 9.59 Å². The number of amides is 2. The fraction of sp³-hybridized carbons (Fsp3) is 0.909. The molecule has 1 saturated carbocycles. The average Bonchev–Trinajstić information content (AvgIpc) is 2.72. The Bertz CT molecular complexity index is 608. The molecular formula is C22H39N5O2. The molecule has 3 aliphatic heterocycles. The van der Waals surface area contributed by atoms with Crippen molar-refractivity contribution in [2.45, 2.75) is 70.7 Å². The van der Waals surface area contributed by atoms with Crippen molar-refractivity contribution < 1.29 is 9.59 Å². The molecule has 0 radical (unpaired) electrons. The zero-order valence-corrected chi connectivity index (χ0v) is 18.2. The molecule has 7 unspecified atom stereocenters. The summed E-state index contributed by atoms with van der Waals surface area (Å²) in [5, 5.41) is 13.4. The summed E-state index contributed by atoms with van der Waals surface area (Å²) in [6.45, 7) is 7.36. The van der Waals surface area contributed by atoms with E-state index in [2.05, 4.69) is 35.1 Å². The van der Waals surface area contributed by atoms with Crippen molar-refractivity contribution in [2.24, 2.45) is 29.6 Å². The SMILES string of the molecule is CC1CC2C(CN1)CC(C1CC(C(=O)NC3NCCCN3)CCC1C)C(=O)N2C. The first-order valence-electron chi connectivity index (χ1n) is 11.7. The summed E-state index contributed by atoms with van der Waals surface area (Å²) in [4.78, 5) is 28.3. The summed E-state index contributed by atoms with van der Waals surface area (Å²) in [7, 11) is 2.00. The van der Waals surface area contributed by atoms with Gasteiger partial charge < -0.3 is 15.5 Å². The minimum absolute atomic E-state index is 0.0158. The van der Waals surface area contributed by atoms with Crippen molar-refractivity contribution in [3.8, 4) is 0 Å². The molecule has 3 heterocycles. The van der Waals surface area contributed by atoms with Gasteiger partial charge in [-0.05, 0) is 76.3 Å². The van der Waals surface area contributed by atoms with E-state index < -0.39 is 0 Å². The maximum atomic E-state index is 13.3. The standard InChI is InChI=1S/C22H39N5O2/c1-13-5-6-15(20(28)26-22-23-7-4-8-24-22)10-17(13)18-11-16-12-25-14(2)9-19(16)27(3)21(18)29/h13-19,22-25H,4-12H2,1-3H3,(H,26,28). The van der Waals surface area contributed by atoms with E-state index in [4.69, 9.17) is 0 Å². The normalized spacial score (nSPS) is 41.7. The van der Waals surface area contributed by atoms with Crippen molar-refractivity contribution in [1.29, 1.82) is 0 Å². The van der Waals surface area contributed by atoms with Gasteiger partial charge in [-0.15, -0.1) is 0 Å². The van der Waals surface area contributed by atoms with Crippen LogP contribution in [0.2, 0.25) is 0 Å². The largest absolute Gasteiger partial charge is 0.342 e. The smallest absolute Gasteiger partial charge is 0.225 e. The molecule has 29 heavy (non-hydrogen) atoms. The van der Waals surface area contributed by atoms with Gasteiger partial charge in [0.1, 0.15) is 6.29 Å². The zero-order chi connectivity index (χ0) is 20.5. The molecule has 7 nitrogen and oxygen atoms in total. The quantitative estimate of drug-likeness (QED) is 0.560. The van der Waals surface area contributed by atoms with Crippen LogP contribution in [0.3, 0.4) is 0 Å². The van der Waals surface area contributed by atoms with Gasteiger partial charge in [0, 0.05) is 37.5 Å². The second kappa shape index (κ2) is 8.90. The molecule has 0 bridgehead atoms. The Kier molecular flexibility index (Phi) is 6.47. The van der Waals surface area contributed by atoms with E-state index in [1.165, 1.54) is 0 Å².